The lowest BCUT2D eigenvalue weighted by Crippen LogP contribution is -2.30. The molecule has 0 bridgehead atoms. The van der Waals surface area contributed by atoms with Crippen LogP contribution in [0.15, 0.2) is 46.2 Å². The highest BCUT2D eigenvalue weighted by Gasteiger charge is 2.40. The van der Waals surface area contributed by atoms with E-state index in [0.29, 0.717) is 16.7 Å². The number of alkyl halides is 6. The number of aliphatic hydroxyl groups excluding tert-OH is 2. The van der Waals surface area contributed by atoms with Crippen molar-refractivity contribution in [3.8, 4) is 0 Å². The second-order valence-electron chi connectivity index (χ2n) is 4.30. The van der Waals surface area contributed by atoms with E-state index in [1.807, 2.05) is 0 Å². The van der Waals surface area contributed by atoms with Crippen LogP contribution in [0.1, 0.15) is 6.42 Å². The maximum absolute atomic E-state index is 12.3. The van der Waals surface area contributed by atoms with Crippen LogP contribution in [-0.4, -0.2) is 34.8 Å². The highest BCUT2D eigenvalue weighted by atomic mass is 32.2. The molecule has 2 nitrogen and oxygen atoms in total. The van der Waals surface area contributed by atoms with Gasteiger partial charge >= 0.3 is 12.4 Å². The maximum atomic E-state index is 12.3. The van der Waals surface area contributed by atoms with Crippen molar-refractivity contribution in [3.05, 3.63) is 41.3 Å². The second-order valence-corrected chi connectivity index (χ2v) is 5.50. The van der Waals surface area contributed by atoms with E-state index >= 15 is 0 Å². The summed E-state index contributed by atoms with van der Waals surface area (Å²) in [6.45, 7) is 0. The Balaban J connectivity index is 2.97. The molecule has 1 aromatic carbocycles. The molecule has 0 fully saturated rings. The molecule has 124 valence electrons. The summed E-state index contributed by atoms with van der Waals surface area (Å²) in [5.74, 6) is 0. The van der Waals surface area contributed by atoms with Gasteiger partial charge in [0.1, 0.15) is 0 Å². The van der Waals surface area contributed by atoms with Gasteiger partial charge in [0.15, 0.2) is 12.2 Å². The number of benzene rings is 1. The fourth-order valence-corrected chi connectivity index (χ4v) is 2.39. The van der Waals surface area contributed by atoms with E-state index in [1.54, 1.807) is 18.2 Å². The van der Waals surface area contributed by atoms with Crippen LogP contribution in [-0.2, 0) is 0 Å². The summed E-state index contributed by atoms with van der Waals surface area (Å²) in [7, 11) is 0. The molecule has 1 aromatic rings. The number of hydrogen-bond acceptors (Lipinski definition) is 3. The predicted molar refractivity (Wildman–Crippen MR) is 69.1 cm³/mol. The van der Waals surface area contributed by atoms with Crippen LogP contribution in [0.5, 0.6) is 0 Å². The summed E-state index contributed by atoms with van der Waals surface area (Å²) in [6.07, 6.45) is -16.5. The Hall–Kier alpha value is -1.19. The standard InChI is InChI=1S/C13H12F6O2S/c14-12(15,16)10(20)6-9(7-11(21)13(17,18)19)22-8-4-2-1-3-5-8/h1-6,10-11,20-21H,7H2/b9-6-/t10-,11+/m0/s1. The molecule has 0 unspecified atom stereocenters. The number of hydrogen-bond donors (Lipinski definition) is 2. The number of thioether (sulfide) groups is 1. The van der Waals surface area contributed by atoms with Gasteiger partial charge in [-0.2, -0.15) is 26.3 Å². The summed E-state index contributed by atoms with van der Waals surface area (Å²) in [5.41, 5.74) is 0. The third-order valence-corrected chi connectivity index (χ3v) is 3.52. The fraction of sp³-hybridized carbons (Fsp3) is 0.385. The van der Waals surface area contributed by atoms with Gasteiger partial charge in [-0.05, 0) is 23.1 Å². The average molecular weight is 346 g/mol. The maximum Gasteiger partial charge on any atom is 0.418 e. The van der Waals surface area contributed by atoms with Gasteiger partial charge in [-0.1, -0.05) is 30.0 Å². The van der Waals surface area contributed by atoms with Crippen molar-refractivity contribution >= 4 is 11.8 Å². The minimum atomic E-state index is -4.99. The zero-order valence-electron chi connectivity index (χ0n) is 10.9. The molecule has 1 rings (SSSR count). The van der Waals surface area contributed by atoms with E-state index in [4.69, 9.17) is 10.2 Å². The summed E-state index contributed by atoms with van der Waals surface area (Å²) < 4.78 is 74.0. The van der Waals surface area contributed by atoms with E-state index in [2.05, 4.69) is 0 Å². The molecule has 2 atom stereocenters. The molecular formula is C13H12F6O2S. The molecule has 0 aromatic heterocycles. The highest BCUT2D eigenvalue weighted by molar-refractivity contribution is 8.03. The zero-order valence-corrected chi connectivity index (χ0v) is 11.7. The third-order valence-electron chi connectivity index (χ3n) is 2.44. The van der Waals surface area contributed by atoms with Crippen molar-refractivity contribution in [2.45, 2.75) is 35.9 Å². The second kappa shape index (κ2) is 7.38. The lowest BCUT2D eigenvalue weighted by atomic mass is 10.2. The van der Waals surface area contributed by atoms with E-state index in [9.17, 15) is 26.3 Å². The minimum absolute atomic E-state index is 0.270. The Labute approximate surface area is 126 Å². The molecule has 0 aliphatic carbocycles. The normalized spacial score (nSPS) is 16.5. The molecule has 0 aliphatic heterocycles. The first-order valence-electron chi connectivity index (χ1n) is 5.93. The number of aliphatic hydroxyl groups is 2. The molecule has 0 radical (unpaired) electrons. The van der Waals surface area contributed by atoms with Gasteiger partial charge in [-0.15, -0.1) is 0 Å². The van der Waals surface area contributed by atoms with Gasteiger partial charge in [0.2, 0.25) is 0 Å². The summed E-state index contributed by atoms with van der Waals surface area (Å²) in [6, 6.07) is 7.71. The molecule has 0 saturated heterocycles. The van der Waals surface area contributed by atoms with Crippen molar-refractivity contribution in [2.75, 3.05) is 0 Å². The van der Waals surface area contributed by atoms with Crippen LogP contribution < -0.4 is 0 Å². The quantitative estimate of drug-likeness (QED) is 0.628. The lowest BCUT2D eigenvalue weighted by Gasteiger charge is -2.18. The van der Waals surface area contributed by atoms with Crippen LogP contribution in [0.25, 0.3) is 0 Å². The van der Waals surface area contributed by atoms with E-state index in [0.717, 1.165) is 0 Å². The first kappa shape index (κ1) is 18.9. The molecule has 2 N–H and O–H groups in total. The monoisotopic (exact) mass is 346 g/mol. The molecule has 0 amide bonds. The van der Waals surface area contributed by atoms with Gasteiger partial charge < -0.3 is 10.2 Å². The Kier molecular flexibility index (Phi) is 6.33. The number of halogens is 6. The Morgan fingerprint density at radius 2 is 1.55 bits per heavy atom. The Bertz CT molecular complexity index is 497. The largest absolute Gasteiger partial charge is 0.418 e. The molecule has 0 aliphatic rings. The van der Waals surface area contributed by atoms with Crippen LogP contribution in [0.4, 0.5) is 26.3 Å². The first-order valence-corrected chi connectivity index (χ1v) is 6.75. The smallest absolute Gasteiger partial charge is 0.383 e. The summed E-state index contributed by atoms with van der Waals surface area (Å²) in [4.78, 5) is -0.0432. The van der Waals surface area contributed by atoms with E-state index in [1.165, 1.54) is 12.1 Å². The van der Waals surface area contributed by atoms with E-state index in [-0.39, 0.29) is 6.08 Å². The molecule has 0 spiro atoms. The molecule has 22 heavy (non-hydrogen) atoms. The predicted octanol–water partition coefficient (Wildman–Crippen LogP) is 3.90. The summed E-state index contributed by atoms with van der Waals surface area (Å²) >= 11 is 0.619. The minimum Gasteiger partial charge on any atom is -0.383 e. The topological polar surface area (TPSA) is 40.5 Å². The molecule has 0 heterocycles. The fourth-order valence-electron chi connectivity index (χ4n) is 1.36. The molecule has 0 saturated carbocycles. The van der Waals surface area contributed by atoms with Gasteiger partial charge in [0, 0.05) is 11.3 Å². The average Bonchev–Trinajstić information content (AvgIpc) is 2.37. The molecular weight excluding hydrogens is 334 g/mol. The summed E-state index contributed by atoms with van der Waals surface area (Å²) in [5, 5.41) is 18.0. The van der Waals surface area contributed by atoms with Gasteiger partial charge in [-0.3, -0.25) is 0 Å². The van der Waals surface area contributed by atoms with Crippen LogP contribution >= 0.6 is 11.8 Å². The van der Waals surface area contributed by atoms with Crippen molar-refractivity contribution in [2.24, 2.45) is 0 Å². The van der Waals surface area contributed by atoms with Crippen molar-refractivity contribution in [3.63, 3.8) is 0 Å². The Morgan fingerprint density at radius 3 is 2.00 bits per heavy atom. The Morgan fingerprint density at radius 1 is 1.00 bits per heavy atom. The highest BCUT2D eigenvalue weighted by Crippen LogP contribution is 2.35. The van der Waals surface area contributed by atoms with Crippen molar-refractivity contribution < 1.29 is 36.6 Å². The van der Waals surface area contributed by atoms with Gasteiger partial charge in [-0.25, -0.2) is 0 Å². The number of rotatable bonds is 5. The van der Waals surface area contributed by atoms with Gasteiger partial charge in [0.25, 0.3) is 0 Å². The van der Waals surface area contributed by atoms with Crippen molar-refractivity contribution in [1.82, 2.24) is 0 Å². The van der Waals surface area contributed by atoms with Gasteiger partial charge in [0.05, 0.1) is 0 Å². The van der Waals surface area contributed by atoms with Crippen LogP contribution in [0, 0.1) is 0 Å². The first-order chi connectivity index (χ1) is 10.00. The lowest BCUT2D eigenvalue weighted by molar-refractivity contribution is -0.202. The van der Waals surface area contributed by atoms with E-state index < -0.39 is 35.9 Å². The van der Waals surface area contributed by atoms with Crippen molar-refractivity contribution in [1.29, 1.82) is 0 Å². The van der Waals surface area contributed by atoms with Crippen LogP contribution in [0.3, 0.4) is 0 Å². The SMILES string of the molecule is O[C@H](C/C(=C/[C@H](O)C(F)(F)F)Sc1ccccc1)C(F)(F)F. The third kappa shape index (κ3) is 6.29. The van der Waals surface area contributed by atoms with Crippen LogP contribution in [0.2, 0.25) is 0 Å². The molecule has 9 heteroatoms. The zero-order chi connectivity index (χ0) is 17.0.